The van der Waals surface area contributed by atoms with E-state index >= 15 is 0 Å². The summed E-state index contributed by atoms with van der Waals surface area (Å²) in [4.78, 5) is 15.0. The number of carbonyl (C=O) groups is 1. The van der Waals surface area contributed by atoms with E-state index in [1.165, 1.54) is 6.20 Å². The molecule has 4 heteroatoms. The topological polar surface area (TPSA) is 59.4 Å². The minimum Gasteiger partial charge on any atom is -0.489 e. The standard InChI is InChI=1S/C17H19NO3/c1-3-12(2)14-8-4-5-9-15(14)21-11-13-7-6-10-18-16(13)17(19)20/h4-10,12H,3,11H2,1-2H3,(H,19,20). The van der Waals surface area contributed by atoms with Crippen molar-refractivity contribution in [1.29, 1.82) is 0 Å². The normalized spacial score (nSPS) is 11.9. The summed E-state index contributed by atoms with van der Waals surface area (Å²) >= 11 is 0. The first-order valence-corrected chi connectivity index (χ1v) is 7.02. The van der Waals surface area contributed by atoms with Gasteiger partial charge in [0.1, 0.15) is 12.4 Å². The zero-order chi connectivity index (χ0) is 15.2. The van der Waals surface area contributed by atoms with E-state index in [0.29, 0.717) is 11.5 Å². The molecule has 1 N–H and O–H groups in total. The van der Waals surface area contributed by atoms with Crippen LogP contribution in [0.1, 0.15) is 47.8 Å². The molecule has 0 aliphatic carbocycles. The first kappa shape index (κ1) is 15.0. The number of nitrogens with zero attached hydrogens (tertiary/aromatic N) is 1. The highest BCUT2D eigenvalue weighted by Gasteiger charge is 2.13. The second kappa shape index (κ2) is 6.88. The van der Waals surface area contributed by atoms with E-state index < -0.39 is 5.97 Å². The summed E-state index contributed by atoms with van der Waals surface area (Å²) in [6.07, 6.45) is 2.49. The molecule has 4 nitrogen and oxygen atoms in total. The molecule has 0 aliphatic rings. The molecule has 1 heterocycles. The summed E-state index contributed by atoms with van der Waals surface area (Å²) in [5.74, 6) is 0.158. The number of carboxylic acid groups (broad SMARTS) is 1. The maximum Gasteiger partial charge on any atom is 0.354 e. The van der Waals surface area contributed by atoms with Crippen LogP contribution in [0.25, 0.3) is 0 Å². The van der Waals surface area contributed by atoms with Crippen molar-refractivity contribution in [2.45, 2.75) is 32.8 Å². The molecule has 0 bridgehead atoms. The van der Waals surface area contributed by atoms with E-state index in [1.54, 1.807) is 12.1 Å². The first-order chi connectivity index (χ1) is 10.1. The Hall–Kier alpha value is -2.36. The Morgan fingerprint density at radius 3 is 2.76 bits per heavy atom. The summed E-state index contributed by atoms with van der Waals surface area (Å²) in [6, 6.07) is 11.3. The van der Waals surface area contributed by atoms with Gasteiger partial charge >= 0.3 is 5.97 Å². The maximum absolute atomic E-state index is 11.1. The van der Waals surface area contributed by atoms with Crippen molar-refractivity contribution in [2.24, 2.45) is 0 Å². The Kier molecular flexibility index (Phi) is 4.93. The molecule has 1 unspecified atom stereocenters. The predicted octanol–water partition coefficient (Wildman–Crippen LogP) is 3.87. The van der Waals surface area contributed by atoms with Crippen LogP contribution >= 0.6 is 0 Å². The first-order valence-electron chi connectivity index (χ1n) is 7.02. The SMILES string of the molecule is CCC(C)c1ccccc1OCc1cccnc1C(=O)O. The fourth-order valence-corrected chi connectivity index (χ4v) is 2.14. The third-order valence-electron chi connectivity index (χ3n) is 3.54. The van der Waals surface area contributed by atoms with Gasteiger partial charge in [-0.05, 0) is 30.0 Å². The van der Waals surface area contributed by atoms with Gasteiger partial charge in [-0.2, -0.15) is 0 Å². The van der Waals surface area contributed by atoms with Crippen LogP contribution in [0.4, 0.5) is 0 Å². The van der Waals surface area contributed by atoms with Crippen LogP contribution in [-0.4, -0.2) is 16.1 Å². The van der Waals surface area contributed by atoms with Crippen molar-refractivity contribution in [1.82, 2.24) is 4.98 Å². The Labute approximate surface area is 124 Å². The molecule has 0 radical (unpaired) electrons. The Balaban J connectivity index is 2.19. The minimum absolute atomic E-state index is 0.0403. The summed E-state index contributed by atoms with van der Waals surface area (Å²) in [5, 5.41) is 9.13. The fraction of sp³-hybridized carbons (Fsp3) is 0.294. The molecule has 0 saturated heterocycles. The van der Waals surface area contributed by atoms with E-state index in [-0.39, 0.29) is 12.3 Å². The lowest BCUT2D eigenvalue weighted by molar-refractivity contribution is 0.0687. The van der Waals surface area contributed by atoms with E-state index in [1.807, 2.05) is 24.3 Å². The molecule has 0 fully saturated rings. The van der Waals surface area contributed by atoms with Crippen molar-refractivity contribution in [2.75, 3.05) is 0 Å². The third kappa shape index (κ3) is 3.60. The zero-order valence-corrected chi connectivity index (χ0v) is 12.2. The summed E-state index contributed by atoms with van der Waals surface area (Å²) in [6.45, 7) is 4.48. The molecule has 0 spiro atoms. The van der Waals surface area contributed by atoms with Gasteiger partial charge < -0.3 is 9.84 Å². The number of aromatic carboxylic acids is 1. The van der Waals surface area contributed by atoms with E-state index in [0.717, 1.165) is 17.7 Å². The number of aromatic nitrogens is 1. The zero-order valence-electron chi connectivity index (χ0n) is 12.2. The maximum atomic E-state index is 11.1. The van der Waals surface area contributed by atoms with Gasteiger partial charge in [-0.3, -0.25) is 0 Å². The van der Waals surface area contributed by atoms with Gasteiger partial charge in [-0.25, -0.2) is 9.78 Å². The van der Waals surface area contributed by atoms with Crippen molar-refractivity contribution in [3.63, 3.8) is 0 Å². The van der Waals surface area contributed by atoms with Gasteiger partial charge in [0, 0.05) is 11.8 Å². The van der Waals surface area contributed by atoms with Crippen molar-refractivity contribution in [3.8, 4) is 5.75 Å². The van der Waals surface area contributed by atoms with Gasteiger partial charge in [0.25, 0.3) is 0 Å². The number of ether oxygens (including phenoxy) is 1. The smallest absolute Gasteiger partial charge is 0.354 e. The van der Waals surface area contributed by atoms with Gasteiger partial charge in [0.05, 0.1) is 0 Å². The molecule has 110 valence electrons. The highest BCUT2D eigenvalue weighted by atomic mass is 16.5. The van der Waals surface area contributed by atoms with Crippen LogP contribution in [0, 0.1) is 0 Å². The lowest BCUT2D eigenvalue weighted by Gasteiger charge is -2.16. The Bertz CT molecular complexity index is 625. The fourth-order valence-electron chi connectivity index (χ4n) is 2.14. The van der Waals surface area contributed by atoms with E-state index in [9.17, 15) is 4.79 Å². The summed E-state index contributed by atoms with van der Waals surface area (Å²) in [5.41, 5.74) is 1.75. The number of hydrogen-bond acceptors (Lipinski definition) is 3. The number of hydrogen-bond donors (Lipinski definition) is 1. The predicted molar refractivity (Wildman–Crippen MR) is 80.7 cm³/mol. The van der Waals surface area contributed by atoms with Crippen LogP contribution in [0.5, 0.6) is 5.75 Å². The molecule has 1 aromatic heterocycles. The minimum atomic E-state index is -1.04. The number of carboxylic acids is 1. The van der Waals surface area contributed by atoms with Crippen LogP contribution in [-0.2, 0) is 6.61 Å². The van der Waals surface area contributed by atoms with Crippen LogP contribution in [0.15, 0.2) is 42.6 Å². The molecule has 2 aromatic rings. The average Bonchev–Trinajstić information content (AvgIpc) is 2.52. The van der Waals surface area contributed by atoms with Crippen molar-refractivity contribution < 1.29 is 14.6 Å². The van der Waals surface area contributed by atoms with Crippen LogP contribution < -0.4 is 4.74 Å². The quantitative estimate of drug-likeness (QED) is 0.875. The van der Waals surface area contributed by atoms with Gasteiger partial charge in [-0.1, -0.05) is 38.1 Å². The largest absolute Gasteiger partial charge is 0.489 e. The summed E-state index contributed by atoms with van der Waals surface area (Å²) in [7, 11) is 0. The number of para-hydroxylation sites is 1. The van der Waals surface area contributed by atoms with Gasteiger partial charge in [0.15, 0.2) is 5.69 Å². The molecule has 21 heavy (non-hydrogen) atoms. The van der Waals surface area contributed by atoms with Gasteiger partial charge in [0.2, 0.25) is 0 Å². The monoisotopic (exact) mass is 285 g/mol. The lowest BCUT2D eigenvalue weighted by Crippen LogP contribution is -2.08. The molecule has 1 atom stereocenters. The van der Waals surface area contributed by atoms with Crippen molar-refractivity contribution >= 4 is 5.97 Å². The number of rotatable bonds is 6. The summed E-state index contributed by atoms with van der Waals surface area (Å²) < 4.78 is 5.83. The Morgan fingerprint density at radius 1 is 1.29 bits per heavy atom. The molecule has 0 saturated carbocycles. The Morgan fingerprint density at radius 2 is 2.05 bits per heavy atom. The highest BCUT2D eigenvalue weighted by molar-refractivity contribution is 5.86. The van der Waals surface area contributed by atoms with Crippen LogP contribution in [0.3, 0.4) is 0 Å². The average molecular weight is 285 g/mol. The molecule has 0 aliphatic heterocycles. The van der Waals surface area contributed by atoms with Crippen molar-refractivity contribution in [3.05, 3.63) is 59.4 Å². The van der Waals surface area contributed by atoms with Gasteiger partial charge in [-0.15, -0.1) is 0 Å². The van der Waals surface area contributed by atoms with E-state index in [4.69, 9.17) is 9.84 Å². The third-order valence-corrected chi connectivity index (χ3v) is 3.54. The lowest BCUT2D eigenvalue weighted by atomic mass is 9.98. The molecule has 1 aromatic carbocycles. The second-order valence-corrected chi connectivity index (χ2v) is 4.95. The highest BCUT2D eigenvalue weighted by Crippen LogP contribution is 2.29. The second-order valence-electron chi connectivity index (χ2n) is 4.95. The molecular formula is C17H19NO3. The van der Waals surface area contributed by atoms with E-state index in [2.05, 4.69) is 18.8 Å². The van der Waals surface area contributed by atoms with Crippen LogP contribution in [0.2, 0.25) is 0 Å². The molecule has 2 rings (SSSR count). The number of benzene rings is 1. The molecular weight excluding hydrogens is 266 g/mol. The number of pyridine rings is 1. The molecule has 0 amide bonds.